The Labute approximate surface area is 133 Å². The van der Waals surface area contributed by atoms with Gasteiger partial charge in [0.15, 0.2) is 0 Å². The van der Waals surface area contributed by atoms with Gasteiger partial charge in [0.25, 0.3) is 0 Å². The van der Waals surface area contributed by atoms with E-state index in [-0.39, 0.29) is 0 Å². The molecule has 2 saturated heterocycles. The summed E-state index contributed by atoms with van der Waals surface area (Å²) in [7, 11) is 1.79. The maximum absolute atomic E-state index is 5.37. The number of rotatable bonds is 5. The molecule has 0 aromatic carbocycles. The molecular weight excluding hydrogens is 276 g/mol. The fourth-order valence-electron chi connectivity index (χ4n) is 3.57. The number of hydrogen-bond acceptors (Lipinski definition) is 5. The summed E-state index contributed by atoms with van der Waals surface area (Å²) in [6.45, 7) is 5.12. The summed E-state index contributed by atoms with van der Waals surface area (Å²) < 4.78 is 5.37. The predicted octanol–water partition coefficient (Wildman–Crippen LogP) is 2.47. The average molecular weight is 304 g/mol. The van der Waals surface area contributed by atoms with E-state index in [1.807, 2.05) is 12.4 Å². The second-order valence-electron chi connectivity index (χ2n) is 6.51. The summed E-state index contributed by atoms with van der Waals surface area (Å²) in [6.07, 6.45) is 11.7. The van der Waals surface area contributed by atoms with Gasteiger partial charge in [-0.25, -0.2) is 9.97 Å². The second kappa shape index (κ2) is 7.88. The minimum atomic E-state index is 0.542. The molecule has 0 saturated carbocycles. The molecule has 0 amide bonds. The molecule has 1 atom stereocenters. The third kappa shape index (κ3) is 3.96. The summed E-state index contributed by atoms with van der Waals surface area (Å²) in [5, 5.41) is 0. The third-order valence-corrected chi connectivity index (χ3v) is 4.82. The maximum atomic E-state index is 5.37. The first-order valence-corrected chi connectivity index (χ1v) is 8.65. The van der Waals surface area contributed by atoms with E-state index in [2.05, 4.69) is 19.8 Å². The van der Waals surface area contributed by atoms with Crippen LogP contribution >= 0.6 is 0 Å². The lowest BCUT2D eigenvalue weighted by molar-refractivity contribution is 0.0599. The van der Waals surface area contributed by atoms with Crippen molar-refractivity contribution in [1.29, 1.82) is 0 Å². The first-order chi connectivity index (χ1) is 10.9. The van der Waals surface area contributed by atoms with E-state index in [1.165, 1.54) is 44.1 Å². The first kappa shape index (κ1) is 15.7. The van der Waals surface area contributed by atoms with Gasteiger partial charge in [-0.1, -0.05) is 6.42 Å². The number of likely N-dealkylation sites (tertiary alicyclic amines) is 1. The van der Waals surface area contributed by atoms with Gasteiger partial charge in [0.2, 0.25) is 5.95 Å². The standard InChI is InChI=1S/C17H28N4O/c1-22-14-16-7-3-6-10-21(16)13-15-11-18-17(19-12-15)20-8-4-2-5-9-20/h11-12,16H,2-10,13-14H2,1H3/t16-/m0/s1. The van der Waals surface area contributed by atoms with Crippen LogP contribution in [0.5, 0.6) is 0 Å². The van der Waals surface area contributed by atoms with Crippen LogP contribution in [0.2, 0.25) is 0 Å². The van der Waals surface area contributed by atoms with Crippen molar-refractivity contribution in [3.05, 3.63) is 18.0 Å². The lowest BCUT2D eigenvalue weighted by Crippen LogP contribution is -2.41. The molecule has 0 spiro atoms. The van der Waals surface area contributed by atoms with Crippen molar-refractivity contribution in [3.8, 4) is 0 Å². The van der Waals surface area contributed by atoms with Gasteiger partial charge in [0, 0.05) is 50.7 Å². The molecule has 0 unspecified atom stereocenters. The van der Waals surface area contributed by atoms with Crippen molar-refractivity contribution in [2.45, 2.75) is 51.1 Å². The smallest absolute Gasteiger partial charge is 0.225 e. The molecule has 0 bridgehead atoms. The number of aromatic nitrogens is 2. The SMILES string of the molecule is COC[C@@H]1CCCCN1Cc1cnc(N2CCCCC2)nc1. The Kier molecular flexibility index (Phi) is 5.62. The number of anilines is 1. The lowest BCUT2D eigenvalue weighted by Gasteiger charge is -2.35. The summed E-state index contributed by atoms with van der Waals surface area (Å²) in [5.41, 5.74) is 1.21. The Hall–Kier alpha value is -1.20. The van der Waals surface area contributed by atoms with Crippen molar-refractivity contribution < 1.29 is 4.74 Å². The lowest BCUT2D eigenvalue weighted by atomic mass is 10.0. The van der Waals surface area contributed by atoms with E-state index >= 15 is 0 Å². The maximum Gasteiger partial charge on any atom is 0.225 e. The molecule has 5 heteroatoms. The van der Waals surface area contributed by atoms with Gasteiger partial charge in [0.05, 0.1) is 6.61 Å². The van der Waals surface area contributed by atoms with Crippen LogP contribution in [-0.4, -0.2) is 54.3 Å². The van der Waals surface area contributed by atoms with Crippen molar-refractivity contribution in [2.24, 2.45) is 0 Å². The van der Waals surface area contributed by atoms with Crippen LogP contribution in [-0.2, 0) is 11.3 Å². The topological polar surface area (TPSA) is 41.5 Å². The molecule has 122 valence electrons. The highest BCUT2D eigenvalue weighted by molar-refractivity contribution is 5.30. The van der Waals surface area contributed by atoms with Crippen molar-refractivity contribution in [3.63, 3.8) is 0 Å². The normalized spacial score (nSPS) is 23.7. The zero-order valence-corrected chi connectivity index (χ0v) is 13.7. The number of hydrogen-bond donors (Lipinski definition) is 0. The summed E-state index contributed by atoms with van der Waals surface area (Å²) in [6, 6.07) is 0.542. The van der Waals surface area contributed by atoms with E-state index in [9.17, 15) is 0 Å². The number of ether oxygens (including phenoxy) is 1. The average Bonchev–Trinajstić information content (AvgIpc) is 2.58. The molecular formula is C17H28N4O. The van der Waals surface area contributed by atoms with Crippen LogP contribution < -0.4 is 4.90 Å². The molecule has 5 nitrogen and oxygen atoms in total. The van der Waals surface area contributed by atoms with Gasteiger partial charge in [-0.2, -0.15) is 0 Å². The highest BCUT2D eigenvalue weighted by Gasteiger charge is 2.22. The molecule has 3 heterocycles. The molecule has 1 aromatic rings. The van der Waals surface area contributed by atoms with Crippen molar-refractivity contribution >= 4 is 5.95 Å². The van der Waals surface area contributed by atoms with Gasteiger partial charge in [-0.15, -0.1) is 0 Å². The molecule has 0 aliphatic carbocycles. The molecule has 22 heavy (non-hydrogen) atoms. The Balaban J connectivity index is 1.59. The Bertz CT molecular complexity index is 442. The monoisotopic (exact) mass is 304 g/mol. The van der Waals surface area contributed by atoms with Crippen LogP contribution in [0.4, 0.5) is 5.95 Å². The Morgan fingerprint density at radius 3 is 2.50 bits per heavy atom. The Morgan fingerprint density at radius 2 is 1.77 bits per heavy atom. The minimum absolute atomic E-state index is 0.542. The number of methoxy groups -OCH3 is 1. The fraction of sp³-hybridized carbons (Fsp3) is 0.765. The molecule has 2 aliphatic rings. The summed E-state index contributed by atoms with van der Waals surface area (Å²) in [5.74, 6) is 0.899. The number of nitrogens with zero attached hydrogens (tertiary/aromatic N) is 4. The van der Waals surface area contributed by atoms with Gasteiger partial charge in [-0.3, -0.25) is 4.90 Å². The van der Waals surface area contributed by atoms with Crippen molar-refractivity contribution in [2.75, 3.05) is 38.3 Å². The fourth-order valence-corrected chi connectivity index (χ4v) is 3.57. The van der Waals surface area contributed by atoms with Crippen LogP contribution in [0.25, 0.3) is 0 Å². The van der Waals surface area contributed by atoms with Gasteiger partial charge >= 0.3 is 0 Å². The van der Waals surface area contributed by atoms with E-state index in [0.29, 0.717) is 6.04 Å². The highest BCUT2D eigenvalue weighted by atomic mass is 16.5. The molecule has 2 aliphatic heterocycles. The van der Waals surface area contributed by atoms with E-state index < -0.39 is 0 Å². The van der Waals surface area contributed by atoms with Crippen LogP contribution in [0.3, 0.4) is 0 Å². The van der Waals surface area contributed by atoms with Gasteiger partial charge < -0.3 is 9.64 Å². The predicted molar refractivity (Wildman–Crippen MR) is 88.0 cm³/mol. The molecule has 2 fully saturated rings. The number of piperidine rings is 2. The van der Waals surface area contributed by atoms with Crippen molar-refractivity contribution in [1.82, 2.24) is 14.9 Å². The molecule has 1 aromatic heterocycles. The van der Waals surface area contributed by atoms with Crippen LogP contribution in [0, 0.1) is 0 Å². The van der Waals surface area contributed by atoms with Gasteiger partial charge in [-0.05, 0) is 38.6 Å². The molecule has 3 rings (SSSR count). The second-order valence-corrected chi connectivity index (χ2v) is 6.51. The molecule has 0 N–H and O–H groups in total. The third-order valence-electron chi connectivity index (χ3n) is 4.82. The van der Waals surface area contributed by atoms with E-state index in [1.54, 1.807) is 7.11 Å². The molecule has 0 radical (unpaired) electrons. The highest BCUT2D eigenvalue weighted by Crippen LogP contribution is 2.20. The van der Waals surface area contributed by atoms with Crippen LogP contribution in [0.15, 0.2) is 12.4 Å². The minimum Gasteiger partial charge on any atom is -0.383 e. The Morgan fingerprint density at radius 1 is 1.05 bits per heavy atom. The van der Waals surface area contributed by atoms with Crippen LogP contribution in [0.1, 0.15) is 44.1 Å². The van der Waals surface area contributed by atoms with E-state index in [4.69, 9.17) is 4.74 Å². The van der Waals surface area contributed by atoms with Gasteiger partial charge in [0.1, 0.15) is 0 Å². The summed E-state index contributed by atoms with van der Waals surface area (Å²) in [4.78, 5) is 14.0. The summed E-state index contributed by atoms with van der Waals surface area (Å²) >= 11 is 0. The van der Waals surface area contributed by atoms with E-state index in [0.717, 1.165) is 38.7 Å². The zero-order chi connectivity index (χ0) is 15.2. The zero-order valence-electron chi connectivity index (χ0n) is 13.7. The quantitative estimate of drug-likeness (QED) is 0.836. The largest absolute Gasteiger partial charge is 0.383 e. The first-order valence-electron chi connectivity index (χ1n) is 8.65.